The zero-order valence-electron chi connectivity index (χ0n) is 3.02. The molecule has 0 spiro atoms. The van der Waals surface area contributed by atoms with Crippen molar-refractivity contribution in [3.63, 3.8) is 0 Å². The summed E-state index contributed by atoms with van der Waals surface area (Å²) in [5.41, 5.74) is 0. The van der Waals surface area contributed by atoms with E-state index in [1.54, 1.807) is 0 Å². The Kier molecular flexibility index (Phi) is 16.3. The molecule has 0 bridgehead atoms. The van der Waals surface area contributed by atoms with Crippen LogP contribution in [0.2, 0.25) is 0 Å². The molecule has 0 atom stereocenters. The number of rotatable bonds is 1. The maximum atomic E-state index is 4.59. The summed E-state index contributed by atoms with van der Waals surface area (Å²) in [6.07, 6.45) is 0. The van der Waals surface area contributed by atoms with Gasteiger partial charge in [0.1, 0.15) is 0 Å². The van der Waals surface area contributed by atoms with Crippen molar-refractivity contribution in [2.24, 2.45) is 4.99 Å². The Morgan fingerprint density at radius 1 is 1.80 bits per heavy atom. The van der Waals surface area contributed by atoms with Gasteiger partial charge in [0.2, 0.25) is 0 Å². The SMILES string of the molecule is [CH-]=NC[CH2-].[Y]. The summed E-state index contributed by atoms with van der Waals surface area (Å²) in [5, 5.41) is 0. The predicted octanol–water partition coefficient (Wildman–Crippen LogP) is 0.396. The smallest absolute Gasteiger partial charge is 0 e. The number of aliphatic imine (C=N–C) groups is 1. The minimum atomic E-state index is 0. The molecule has 0 aromatic carbocycles. The van der Waals surface area contributed by atoms with Crippen LogP contribution in [0.5, 0.6) is 0 Å². The molecule has 0 aromatic heterocycles. The van der Waals surface area contributed by atoms with Crippen LogP contribution < -0.4 is 0 Å². The zero-order chi connectivity index (χ0) is 3.41. The molecule has 0 aliphatic heterocycles. The average Bonchev–Trinajstić information content (AvgIpc) is 1.37. The van der Waals surface area contributed by atoms with Gasteiger partial charge in [-0.15, -0.1) is 6.54 Å². The van der Waals surface area contributed by atoms with Crippen LogP contribution in [0.4, 0.5) is 0 Å². The van der Waals surface area contributed by atoms with Crippen LogP contribution in [0.1, 0.15) is 0 Å². The normalized spacial score (nSPS) is 5.00. The Labute approximate surface area is 57.7 Å². The molecule has 0 saturated heterocycles. The van der Waals surface area contributed by atoms with Crippen molar-refractivity contribution in [1.82, 2.24) is 0 Å². The van der Waals surface area contributed by atoms with Crippen molar-refractivity contribution in [3.05, 3.63) is 6.92 Å². The van der Waals surface area contributed by atoms with Crippen LogP contribution in [0.25, 0.3) is 0 Å². The monoisotopic (exact) mass is 144 g/mol. The molecule has 0 rings (SSSR count). The molecule has 0 heterocycles. The molecule has 5 heavy (non-hydrogen) atoms. The fourth-order valence-corrected chi connectivity index (χ4v) is 0. The molecule has 0 amide bonds. The average molecular weight is 144 g/mol. The van der Waals surface area contributed by atoms with E-state index in [4.69, 9.17) is 0 Å². The Bertz CT molecular complexity index is 20.9. The van der Waals surface area contributed by atoms with Crippen molar-refractivity contribution in [1.29, 1.82) is 0 Å². The van der Waals surface area contributed by atoms with Gasteiger partial charge in [0.05, 0.1) is 0 Å². The van der Waals surface area contributed by atoms with Gasteiger partial charge in [-0.25, -0.2) is 0 Å². The van der Waals surface area contributed by atoms with E-state index in [1.165, 1.54) is 0 Å². The summed E-state index contributed by atoms with van der Waals surface area (Å²) >= 11 is 0. The van der Waals surface area contributed by atoms with Gasteiger partial charge in [0.15, 0.2) is 0 Å². The molecule has 2 heteroatoms. The molecule has 0 aromatic rings. The summed E-state index contributed by atoms with van der Waals surface area (Å²) in [5.74, 6) is 0. The first-order chi connectivity index (χ1) is 1.91. The van der Waals surface area contributed by atoms with Crippen molar-refractivity contribution in [2.45, 2.75) is 0 Å². The maximum absolute atomic E-state index is 4.59. The first kappa shape index (κ1) is 9.24. The molecule has 0 fully saturated rings. The Morgan fingerprint density at radius 2 is 2.00 bits per heavy atom. The van der Waals surface area contributed by atoms with E-state index in [2.05, 4.69) is 18.6 Å². The number of hydrogen-bond acceptors (Lipinski definition) is 1. The minimum Gasteiger partial charge on any atom is -0.536 e. The Morgan fingerprint density at radius 3 is 2.00 bits per heavy atom. The van der Waals surface area contributed by atoms with Crippen LogP contribution >= 0.6 is 0 Å². The van der Waals surface area contributed by atoms with Crippen LogP contribution in [-0.2, 0) is 32.7 Å². The molecule has 0 aliphatic rings. The zero-order valence-corrected chi connectivity index (χ0v) is 5.85. The summed E-state index contributed by atoms with van der Waals surface area (Å²) in [4.78, 5) is 3.12. The number of hydrogen-bond donors (Lipinski definition) is 0. The fraction of sp³-hybridized carbons (Fsp3) is 0.333. The van der Waals surface area contributed by atoms with Crippen LogP contribution in [0, 0.1) is 6.92 Å². The van der Waals surface area contributed by atoms with Crippen molar-refractivity contribution >= 4 is 6.72 Å². The number of nitrogens with zero attached hydrogens (tertiary/aromatic N) is 1. The molecule has 0 unspecified atom stereocenters. The molecule has 27 valence electrons. The van der Waals surface area contributed by atoms with Crippen LogP contribution in [0.15, 0.2) is 4.99 Å². The van der Waals surface area contributed by atoms with E-state index in [-0.39, 0.29) is 32.7 Å². The quantitative estimate of drug-likeness (QED) is 0.373. The predicted molar refractivity (Wildman–Crippen MR) is 18.7 cm³/mol. The van der Waals surface area contributed by atoms with Gasteiger partial charge in [0, 0.05) is 32.7 Å². The largest absolute Gasteiger partial charge is 0.536 e. The van der Waals surface area contributed by atoms with Gasteiger partial charge in [0.25, 0.3) is 0 Å². The maximum Gasteiger partial charge on any atom is 0 e. The molecule has 0 aliphatic carbocycles. The van der Waals surface area contributed by atoms with E-state index >= 15 is 0 Å². The second kappa shape index (κ2) is 8.84. The molecule has 0 saturated carbocycles. The standard InChI is InChI=1S/C3H5N.Y/c1-3-4-2;/h2H,1,3H2;/q-2;. The molecule has 1 nitrogen and oxygen atoms in total. The van der Waals surface area contributed by atoms with Gasteiger partial charge in [-0.3, -0.25) is 0 Å². The summed E-state index contributed by atoms with van der Waals surface area (Å²) in [6, 6.07) is 0. The first-order valence-electron chi connectivity index (χ1n) is 1.07. The molecule has 1 radical (unpaired) electrons. The third kappa shape index (κ3) is 11.7. The first-order valence-corrected chi connectivity index (χ1v) is 1.07. The molecular formula is C3H5NY-2. The topological polar surface area (TPSA) is 12.4 Å². The summed E-state index contributed by atoms with van der Waals surface area (Å²) in [7, 11) is 0. The summed E-state index contributed by atoms with van der Waals surface area (Å²) in [6.45, 7) is 8.38. The van der Waals surface area contributed by atoms with Gasteiger partial charge >= 0.3 is 0 Å². The van der Waals surface area contributed by atoms with Crippen molar-refractivity contribution in [3.8, 4) is 0 Å². The van der Waals surface area contributed by atoms with Gasteiger partial charge < -0.3 is 18.6 Å². The Hall–Kier alpha value is 0.774. The van der Waals surface area contributed by atoms with Gasteiger partial charge in [-0.1, -0.05) is 0 Å². The van der Waals surface area contributed by atoms with E-state index in [0.717, 1.165) is 0 Å². The van der Waals surface area contributed by atoms with E-state index in [9.17, 15) is 0 Å². The molecular weight excluding hydrogens is 139 g/mol. The minimum absolute atomic E-state index is 0. The third-order valence-corrected chi connectivity index (χ3v) is 0.129. The third-order valence-electron chi connectivity index (χ3n) is 0.129. The molecule has 0 N–H and O–H groups in total. The van der Waals surface area contributed by atoms with E-state index in [0.29, 0.717) is 6.54 Å². The van der Waals surface area contributed by atoms with Gasteiger partial charge in [-0.2, -0.15) is 0 Å². The van der Waals surface area contributed by atoms with E-state index < -0.39 is 0 Å². The van der Waals surface area contributed by atoms with Crippen molar-refractivity contribution in [2.75, 3.05) is 6.54 Å². The van der Waals surface area contributed by atoms with Crippen LogP contribution in [-0.4, -0.2) is 13.3 Å². The van der Waals surface area contributed by atoms with Crippen molar-refractivity contribution < 1.29 is 32.7 Å². The Balaban J connectivity index is 0. The summed E-state index contributed by atoms with van der Waals surface area (Å²) < 4.78 is 0. The fourth-order valence-electron chi connectivity index (χ4n) is 0. The second-order valence-corrected chi connectivity index (χ2v) is 0.406. The van der Waals surface area contributed by atoms with Gasteiger partial charge in [-0.05, 0) is 0 Å². The van der Waals surface area contributed by atoms with E-state index in [1.807, 2.05) is 0 Å². The van der Waals surface area contributed by atoms with Crippen LogP contribution in [0.3, 0.4) is 0 Å². The second-order valence-electron chi connectivity index (χ2n) is 0.406.